The molecule has 1 aromatic heterocycles. The molecule has 0 amide bonds. The molecule has 2 rings (SSSR count). The first-order valence-corrected chi connectivity index (χ1v) is 4.69. The number of aryl methyl sites for hydroxylation is 1. The summed E-state index contributed by atoms with van der Waals surface area (Å²) in [4.78, 5) is 4.85. The summed E-state index contributed by atoms with van der Waals surface area (Å²) in [6.45, 7) is 1.90. The Labute approximate surface area is 86.9 Å². The highest BCUT2D eigenvalue weighted by atomic mass is 16.5. The minimum atomic E-state index is 0.452. The maximum absolute atomic E-state index is 11.5. The number of ether oxygens (including phenoxy) is 1. The maximum atomic E-state index is 11.5. The third-order valence-corrected chi connectivity index (χ3v) is 2.16. The van der Waals surface area contributed by atoms with Gasteiger partial charge in [-0.15, -0.1) is 0 Å². The van der Waals surface area contributed by atoms with Crippen LogP contribution in [0.1, 0.15) is 12.7 Å². The van der Waals surface area contributed by atoms with E-state index in [2.05, 4.69) is 10.1 Å². The molecule has 78 valence electrons. The van der Waals surface area contributed by atoms with Crippen LogP contribution in [0.4, 0.5) is 0 Å². The van der Waals surface area contributed by atoms with Gasteiger partial charge in [0.05, 0.1) is 7.11 Å². The van der Waals surface area contributed by atoms with E-state index in [4.69, 9.17) is 4.74 Å². The van der Waals surface area contributed by atoms with E-state index in [1.165, 1.54) is 0 Å². The Morgan fingerprint density at radius 1 is 1.47 bits per heavy atom. The van der Waals surface area contributed by atoms with E-state index in [1.54, 1.807) is 25.3 Å². The first-order chi connectivity index (χ1) is 7.24. The number of fused-ring (bicyclic) bond motifs is 1. The minimum absolute atomic E-state index is 0.452. The normalized spacial score (nSPS) is 10.5. The summed E-state index contributed by atoms with van der Waals surface area (Å²) < 4.78 is 5.06. The quantitative estimate of drug-likeness (QED) is 0.538. The van der Waals surface area contributed by atoms with Crippen molar-refractivity contribution in [3.8, 4) is 5.75 Å². The molecular formula is C10H11N3O2. The van der Waals surface area contributed by atoms with Gasteiger partial charge in [-0.1, -0.05) is 6.92 Å². The molecular weight excluding hydrogens is 194 g/mol. The Bertz CT molecular complexity index is 494. The third kappa shape index (κ3) is 1.68. The lowest BCUT2D eigenvalue weighted by Crippen LogP contribution is -2.33. The fraction of sp³-hybridized carbons (Fsp3) is 0.300. The molecule has 0 fully saturated rings. The van der Waals surface area contributed by atoms with Crippen LogP contribution < -0.4 is 9.58 Å². The van der Waals surface area contributed by atoms with Crippen molar-refractivity contribution in [1.29, 1.82) is 0 Å². The van der Waals surface area contributed by atoms with E-state index in [1.807, 2.05) is 6.92 Å². The van der Waals surface area contributed by atoms with Crippen LogP contribution in [-0.4, -0.2) is 17.2 Å². The average Bonchev–Trinajstić information content (AvgIpc) is 2.28. The lowest BCUT2D eigenvalue weighted by Gasteiger charge is -2.02. The summed E-state index contributed by atoms with van der Waals surface area (Å²) in [5.41, 5.74) is 1.06. The van der Waals surface area contributed by atoms with Crippen molar-refractivity contribution in [3.05, 3.63) is 29.2 Å². The number of benzene rings is 1. The van der Waals surface area contributed by atoms with Crippen LogP contribution in [0.15, 0.2) is 18.2 Å². The molecule has 0 radical (unpaired) electrons. The summed E-state index contributed by atoms with van der Waals surface area (Å²) in [6, 6.07) is 5.09. The standard InChI is InChI=1S/C10H11N3O2/c1-3-10-11-8-6-7(15-2)4-5-9(8)13(14)12-10/h4-6H,3H2,1-2H3. The molecule has 5 nitrogen and oxygen atoms in total. The molecule has 0 aliphatic heterocycles. The number of aromatic nitrogens is 3. The van der Waals surface area contributed by atoms with Crippen molar-refractivity contribution < 1.29 is 9.58 Å². The molecule has 0 saturated heterocycles. The number of methoxy groups -OCH3 is 1. The van der Waals surface area contributed by atoms with Gasteiger partial charge < -0.3 is 9.94 Å². The largest absolute Gasteiger partial charge is 0.594 e. The molecule has 0 atom stereocenters. The monoisotopic (exact) mass is 205 g/mol. The first kappa shape index (κ1) is 9.64. The van der Waals surface area contributed by atoms with Gasteiger partial charge in [-0.3, -0.25) is 0 Å². The maximum Gasteiger partial charge on any atom is 0.270 e. The summed E-state index contributed by atoms with van der Waals surface area (Å²) >= 11 is 0. The van der Waals surface area contributed by atoms with E-state index >= 15 is 0 Å². The Balaban J connectivity index is 2.69. The van der Waals surface area contributed by atoms with Crippen LogP contribution in [-0.2, 0) is 6.42 Å². The molecule has 0 saturated carbocycles. The smallest absolute Gasteiger partial charge is 0.270 e. The van der Waals surface area contributed by atoms with Gasteiger partial charge in [-0.25, -0.2) is 4.98 Å². The lowest BCUT2D eigenvalue weighted by molar-refractivity contribution is -0.644. The van der Waals surface area contributed by atoms with Crippen molar-refractivity contribution in [3.63, 3.8) is 0 Å². The van der Waals surface area contributed by atoms with E-state index < -0.39 is 0 Å². The molecule has 2 aromatic rings. The van der Waals surface area contributed by atoms with Gasteiger partial charge in [0, 0.05) is 23.7 Å². The second-order valence-electron chi connectivity index (χ2n) is 3.11. The highest BCUT2D eigenvalue weighted by molar-refractivity contribution is 5.72. The van der Waals surface area contributed by atoms with Gasteiger partial charge in [0.15, 0.2) is 5.82 Å². The Morgan fingerprint density at radius 3 is 2.93 bits per heavy atom. The third-order valence-electron chi connectivity index (χ3n) is 2.16. The molecule has 0 aliphatic carbocycles. The zero-order valence-electron chi connectivity index (χ0n) is 8.60. The topological polar surface area (TPSA) is 62.0 Å². The van der Waals surface area contributed by atoms with Gasteiger partial charge >= 0.3 is 0 Å². The average molecular weight is 205 g/mol. The van der Waals surface area contributed by atoms with Gasteiger partial charge in [0.25, 0.3) is 5.52 Å². The predicted octanol–water partition coefficient (Wildman–Crippen LogP) is 0.834. The summed E-state index contributed by atoms with van der Waals surface area (Å²) in [7, 11) is 1.58. The van der Waals surface area contributed by atoms with Gasteiger partial charge in [-0.2, -0.15) is 0 Å². The molecule has 0 N–H and O–H groups in total. The number of nitrogens with zero attached hydrogens (tertiary/aromatic N) is 3. The van der Waals surface area contributed by atoms with Crippen LogP contribution in [0.5, 0.6) is 5.75 Å². The second-order valence-corrected chi connectivity index (χ2v) is 3.11. The molecule has 1 aromatic carbocycles. The summed E-state index contributed by atoms with van der Waals surface area (Å²) in [5.74, 6) is 1.22. The van der Waals surface area contributed by atoms with E-state index in [9.17, 15) is 5.21 Å². The van der Waals surface area contributed by atoms with Gasteiger partial charge in [0.1, 0.15) is 11.3 Å². The molecule has 5 heteroatoms. The Morgan fingerprint density at radius 2 is 2.27 bits per heavy atom. The fourth-order valence-electron chi connectivity index (χ4n) is 1.35. The zero-order valence-corrected chi connectivity index (χ0v) is 8.60. The SMILES string of the molecule is CCc1nc2cc(OC)ccc2[n+]([O-])n1. The number of rotatable bonds is 2. The van der Waals surface area contributed by atoms with Crippen molar-refractivity contribution in [1.82, 2.24) is 10.1 Å². The van der Waals surface area contributed by atoms with Crippen molar-refractivity contribution in [2.45, 2.75) is 13.3 Å². The van der Waals surface area contributed by atoms with Gasteiger partial charge in [-0.05, 0) is 10.9 Å². The van der Waals surface area contributed by atoms with E-state index in [-0.39, 0.29) is 0 Å². The van der Waals surface area contributed by atoms with Crippen LogP contribution in [0, 0.1) is 5.21 Å². The van der Waals surface area contributed by atoms with E-state index in [0.717, 1.165) is 0 Å². The molecule has 0 spiro atoms. The Hall–Kier alpha value is -1.91. The lowest BCUT2D eigenvalue weighted by atomic mass is 10.3. The predicted molar refractivity (Wildman–Crippen MR) is 54.4 cm³/mol. The molecule has 0 aliphatic rings. The zero-order chi connectivity index (χ0) is 10.8. The van der Waals surface area contributed by atoms with Crippen LogP contribution in [0.25, 0.3) is 11.0 Å². The highest BCUT2D eigenvalue weighted by Gasteiger charge is 2.10. The first-order valence-electron chi connectivity index (χ1n) is 4.69. The van der Waals surface area contributed by atoms with Gasteiger partial charge in [0.2, 0.25) is 0 Å². The summed E-state index contributed by atoms with van der Waals surface area (Å²) in [6.07, 6.45) is 0.634. The minimum Gasteiger partial charge on any atom is -0.594 e. The van der Waals surface area contributed by atoms with Crippen LogP contribution in [0.2, 0.25) is 0 Å². The fourth-order valence-corrected chi connectivity index (χ4v) is 1.35. The molecule has 15 heavy (non-hydrogen) atoms. The van der Waals surface area contributed by atoms with Crippen molar-refractivity contribution >= 4 is 11.0 Å². The Kier molecular flexibility index (Phi) is 2.37. The molecule has 1 heterocycles. The van der Waals surface area contributed by atoms with Crippen LogP contribution >= 0.6 is 0 Å². The second kappa shape index (κ2) is 3.68. The van der Waals surface area contributed by atoms with Crippen molar-refractivity contribution in [2.24, 2.45) is 0 Å². The highest BCUT2D eigenvalue weighted by Crippen LogP contribution is 2.15. The number of hydrogen-bond acceptors (Lipinski definition) is 4. The molecule has 0 bridgehead atoms. The van der Waals surface area contributed by atoms with Crippen LogP contribution in [0.3, 0.4) is 0 Å². The number of hydrogen-bond donors (Lipinski definition) is 0. The van der Waals surface area contributed by atoms with Crippen molar-refractivity contribution in [2.75, 3.05) is 7.11 Å². The molecule has 0 unspecified atom stereocenters. The van der Waals surface area contributed by atoms with E-state index in [0.29, 0.717) is 33.9 Å². The summed E-state index contributed by atoms with van der Waals surface area (Å²) in [5, 5.41) is 15.3.